The lowest BCUT2D eigenvalue weighted by atomic mass is 9.95. The highest BCUT2D eigenvalue weighted by Gasteiger charge is 2.31. The fourth-order valence-corrected chi connectivity index (χ4v) is 4.08. The molecule has 0 aromatic carbocycles. The zero-order chi connectivity index (χ0) is 20.2. The Morgan fingerprint density at radius 3 is 2.69 bits per heavy atom. The van der Waals surface area contributed by atoms with Gasteiger partial charge < -0.3 is 25.6 Å². The summed E-state index contributed by atoms with van der Waals surface area (Å²) in [4.78, 5) is 25.0. The summed E-state index contributed by atoms with van der Waals surface area (Å²) in [5.74, 6) is 2.09. The maximum atomic E-state index is 12.3. The predicted octanol–water partition coefficient (Wildman–Crippen LogP) is 0.692. The molecule has 1 saturated carbocycles. The second kappa shape index (κ2) is 8.93. The number of nitriles is 1. The average molecular weight is 399 g/mol. The third kappa shape index (κ3) is 5.34. The number of carbonyl (C=O) groups excluding carboxylic acids is 1. The summed E-state index contributed by atoms with van der Waals surface area (Å²) in [6, 6.07) is 1.94. The number of nitrogens with one attached hydrogen (secondary N) is 1. The van der Waals surface area contributed by atoms with Gasteiger partial charge in [0.2, 0.25) is 11.9 Å². The average Bonchev–Trinajstić information content (AvgIpc) is 3.54. The van der Waals surface area contributed by atoms with Gasteiger partial charge in [-0.15, -0.1) is 0 Å². The van der Waals surface area contributed by atoms with Crippen LogP contribution in [0.15, 0.2) is 6.20 Å². The van der Waals surface area contributed by atoms with Gasteiger partial charge in [-0.3, -0.25) is 4.79 Å². The zero-order valence-corrected chi connectivity index (χ0v) is 16.7. The van der Waals surface area contributed by atoms with Crippen LogP contribution in [-0.4, -0.2) is 77.7 Å². The molecule has 0 bridgehead atoms. The quantitative estimate of drug-likeness (QED) is 0.687. The molecule has 3 heterocycles. The Balaban J connectivity index is 1.23. The van der Waals surface area contributed by atoms with E-state index in [2.05, 4.69) is 20.2 Å². The van der Waals surface area contributed by atoms with Crippen molar-refractivity contribution in [2.24, 2.45) is 11.8 Å². The number of nitrogens with two attached hydrogens (primary N) is 1. The number of ether oxygens (including phenoxy) is 1. The summed E-state index contributed by atoms with van der Waals surface area (Å²) >= 11 is 0. The molecule has 1 aromatic rings. The number of amides is 1. The first-order valence-corrected chi connectivity index (χ1v) is 10.5. The number of hydrogen-bond donors (Lipinski definition) is 2. The van der Waals surface area contributed by atoms with Gasteiger partial charge >= 0.3 is 0 Å². The highest BCUT2D eigenvalue weighted by atomic mass is 16.5. The van der Waals surface area contributed by atoms with Gasteiger partial charge in [0, 0.05) is 26.2 Å². The minimum absolute atomic E-state index is 0.0699. The second-order valence-electron chi connectivity index (χ2n) is 8.40. The van der Waals surface area contributed by atoms with Crippen molar-refractivity contribution in [3.05, 3.63) is 11.8 Å². The summed E-state index contributed by atoms with van der Waals surface area (Å²) in [7, 11) is 0. The molecule has 0 unspecified atom stereocenters. The Morgan fingerprint density at radius 1 is 1.24 bits per heavy atom. The Labute approximate surface area is 171 Å². The smallest absolute Gasteiger partial charge is 0.248 e. The third-order valence-corrected chi connectivity index (χ3v) is 6.04. The van der Waals surface area contributed by atoms with Crippen LogP contribution >= 0.6 is 0 Å². The SMILES string of the molecule is N#Cc1cnc(NC[C@H]2CN(CC3CCN(CC4CC4)CC3)C(=O)CO2)nc1N. The highest BCUT2D eigenvalue weighted by molar-refractivity contribution is 5.78. The molecule has 156 valence electrons. The number of hydrogen-bond acceptors (Lipinski definition) is 8. The lowest BCUT2D eigenvalue weighted by Crippen LogP contribution is -2.51. The maximum Gasteiger partial charge on any atom is 0.248 e. The van der Waals surface area contributed by atoms with Gasteiger partial charge in [-0.05, 0) is 50.6 Å². The van der Waals surface area contributed by atoms with Crippen LogP contribution in [0.1, 0.15) is 31.2 Å². The van der Waals surface area contributed by atoms with Gasteiger partial charge in [0.15, 0.2) is 0 Å². The lowest BCUT2D eigenvalue weighted by Gasteiger charge is -2.38. The van der Waals surface area contributed by atoms with Crippen molar-refractivity contribution in [1.29, 1.82) is 5.26 Å². The number of piperidine rings is 1. The van der Waals surface area contributed by atoms with Crippen molar-refractivity contribution in [1.82, 2.24) is 19.8 Å². The van der Waals surface area contributed by atoms with E-state index in [0.717, 1.165) is 25.6 Å². The molecule has 4 rings (SSSR count). The number of nitrogen functional groups attached to an aromatic ring is 1. The summed E-state index contributed by atoms with van der Waals surface area (Å²) in [5, 5.41) is 12.0. The number of anilines is 2. The molecule has 3 fully saturated rings. The Hall–Kier alpha value is -2.44. The predicted molar refractivity (Wildman–Crippen MR) is 108 cm³/mol. The van der Waals surface area contributed by atoms with Crippen LogP contribution < -0.4 is 11.1 Å². The molecule has 3 aliphatic rings. The van der Waals surface area contributed by atoms with E-state index in [-0.39, 0.29) is 30.0 Å². The van der Waals surface area contributed by atoms with E-state index < -0.39 is 0 Å². The molecule has 29 heavy (non-hydrogen) atoms. The van der Waals surface area contributed by atoms with Crippen LogP contribution in [0.3, 0.4) is 0 Å². The fourth-order valence-electron chi connectivity index (χ4n) is 4.08. The standard InChI is InChI=1S/C20H29N7O2/c21-7-16-8-23-20(25-19(16)22)24-9-17-12-27(18(28)13-29-17)11-15-3-5-26(6-4-15)10-14-1-2-14/h8,14-15,17H,1-6,9-13H2,(H3,22,23,24,25)/t17-/m0/s1. The minimum Gasteiger partial charge on any atom is -0.382 e. The van der Waals surface area contributed by atoms with E-state index in [9.17, 15) is 4.79 Å². The van der Waals surface area contributed by atoms with Crippen LogP contribution in [0.25, 0.3) is 0 Å². The van der Waals surface area contributed by atoms with Crippen molar-refractivity contribution in [2.45, 2.75) is 31.8 Å². The van der Waals surface area contributed by atoms with Crippen LogP contribution in [0.5, 0.6) is 0 Å². The van der Waals surface area contributed by atoms with Crippen molar-refractivity contribution in [3.63, 3.8) is 0 Å². The van der Waals surface area contributed by atoms with Crippen LogP contribution in [0.4, 0.5) is 11.8 Å². The molecule has 0 spiro atoms. The first-order valence-electron chi connectivity index (χ1n) is 10.5. The number of rotatable bonds is 7. The molecule has 2 aliphatic heterocycles. The molecule has 1 aromatic heterocycles. The van der Waals surface area contributed by atoms with Crippen molar-refractivity contribution in [2.75, 3.05) is 56.9 Å². The van der Waals surface area contributed by atoms with E-state index >= 15 is 0 Å². The van der Waals surface area contributed by atoms with E-state index in [1.165, 1.54) is 38.4 Å². The monoisotopic (exact) mass is 399 g/mol. The lowest BCUT2D eigenvalue weighted by molar-refractivity contribution is -0.149. The molecule has 0 radical (unpaired) electrons. The maximum absolute atomic E-state index is 12.3. The van der Waals surface area contributed by atoms with Gasteiger partial charge in [0.25, 0.3) is 0 Å². The first-order chi connectivity index (χ1) is 14.1. The van der Waals surface area contributed by atoms with Crippen molar-refractivity contribution < 1.29 is 9.53 Å². The first kappa shape index (κ1) is 19.9. The summed E-state index contributed by atoms with van der Waals surface area (Å²) in [5.41, 5.74) is 5.98. The zero-order valence-electron chi connectivity index (χ0n) is 16.7. The van der Waals surface area contributed by atoms with Gasteiger partial charge in [-0.2, -0.15) is 10.2 Å². The summed E-state index contributed by atoms with van der Waals surface area (Å²) < 4.78 is 5.67. The van der Waals surface area contributed by atoms with Gasteiger partial charge in [0.05, 0.1) is 12.3 Å². The molecular formula is C20H29N7O2. The number of morpholine rings is 1. The van der Waals surface area contributed by atoms with E-state index in [1.807, 2.05) is 11.0 Å². The number of carbonyl (C=O) groups is 1. The van der Waals surface area contributed by atoms with Crippen LogP contribution in [0.2, 0.25) is 0 Å². The molecule has 1 atom stereocenters. The Bertz CT molecular complexity index is 769. The Kier molecular flexibility index (Phi) is 6.11. The minimum atomic E-state index is -0.122. The molecule has 2 saturated heterocycles. The highest BCUT2D eigenvalue weighted by Crippen LogP contribution is 2.31. The molecule has 1 amide bonds. The van der Waals surface area contributed by atoms with Gasteiger partial charge in [-0.25, -0.2) is 4.98 Å². The van der Waals surface area contributed by atoms with Gasteiger partial charge in [0.1, 0.15) is 24.1 Å². The largest absolute Gasteiger partial charge is 0.382 e. The number of nitrogens with zero attached hydrogens (tertiary/aromatic N) is 5. The summed E-state index contributed by atoms with van der Waals surface area (Å²) in [6.07, 6.45) is 6.41. The molecule has 3 N–H and O–H groups in total. The molecule has 1 aliphatic carbocycles. The number of likely N-dealkylation sites (tertiary alicyclic amines) is 1. The van der Waals surface area contributed by atoms with E-state index in [1.54, 1.807) is 0 Å². The second-order valence-corrected chi connectivity index (χ2v) is 8.40. The van der Waals surface area contributed by atoms with Gasteiger partial charge in [-0.1, -0.05) is 0 Å². The fraction of sp³-hybridized carbons (Fsp3) is 0.700. The van der Waals surface area contributed by atoms with Crippen LogP contribution in [0, 0.1) is 23.2 Å². The van der Waals surface area contributed by atoms with Crippen molar-refractivity contribution in [3.8, 4) is 6.07 Å². The van der Waals surface area contributed by atoms with E-state index in [4.69, 9.17) is 15.7 Å². The topological polar surface area (TPSA) is 120 Å². The normalized spacial score (nSPS) is 23.8. The molecule has 9 heteroatoms. The molecule has 9 nitrogen and oxygen atoms in total. The van der Waals surface area contributed by atoms with E-state index in [0.29, 0.717) is 25.0 Å². The van der Waals surface area contributed by atoms with Crippen molar-refractivity contribution >= 4 is 17.7 Å². The van der Waals surface area contributed by atoms with Crippen LogP contribution in [-0.2, 0) is 9.53 Å². The third-order valence-electron chi connectivity index (χ3n) is 6.04. The summed E-state index contributed by atoms with van der Waals surface area (Å²) in [6.45, 7) is 5.55. The molecular weight excluding hydrogens is 370 g/mol. The Morgan fingerprint density at radius 2 is 2.00 bits per heavy atom. The number of aromatic nitrogens is 2.